The van der Waals surface area contributed by atoms with Gasteiger partial charge in [0.05, 0.1) is 17.1 Å². The average Bonchev–Trinajstić information content (AvgIpc) is 2.43. The third-order valence-electron chi connectivity index (χ3n) is 2.88. The number of benzene rings is 1. The van der Waals surface area contributed by atoms with E-state index in [2.05, 4.69) is 0 Å². The Hall–Kier alpha value is -1.83. The molecule has 0 aliphatic rings. The summed E-state index contributed by atoms with van der Waals surface area (Å²) in [5.74, 6) is 0. The van der Waals surface area contributed by atoms with Crippen molar-refractivity contribution in [1.29, 1.82) is 5.26 Å². The number of nitrogens with zero attached hydrogens (tertiary/aromatic N) is 2. The van der Waals surface area contributed by atoms with Gasteiger partial charge in [-0.3, -0.25) is 4.79 Å². The second kappa shape index (κ2) is 5.87. The predicted octanol–water partition coefficient (Wildman–Crippen LogP) is 2.56. The zero-order valence-corrected chi connectivity index (χ0v) is 11.3. The molecule has 2 aromatic rings. The summed E-state index contributed by atoms with van der Waals surface area (Å²) in [4.78, 5) is 12.2. The molecule has 0 saturated heterocycles. The van der Waals surface area contributed by atoms with Gasteiger partial charge in [0, 0.05) is 18.5 Å². The van der Waals surface area contributed by atoms with Gasteiger partial charge in [-0.15, -0.1) is 0 Å². The van der Waals surface area contributed by atoms with Gasteiger partial charge < -0.3 is 9.30 Å². The Balaban J connectivity index is 2.67. The van der Waals surface area contributed by atoms with Gasteiger partial charge in [-0.1, -0.05) is 29.8 Å². The third-order valence-corrected chi connectivity index (χ3v) is 3.28. The van der Waals surface area contributed by atoms with Crippen LogP contribution in [0.5, 0.6) is 0 Å². The Bertz CT molecular complexity index is 701. The van der Waals surface area contributed by atoms with Crippen LogP contribution in [0.1, 0.15) is 12.5 Å². The zero-order valence-electron chi connectivity index (χ0n) is 10.5. The molecule has 1 aromatic carbocycles. The minimum absolute atomic E-state index is 0.0168. The van der Waals surface area contributed by atoms with E-state index in [0.717, 1.165) is 5.52 Å². The van der Waals surface area contributed by atoms with Crippen LogP contribution in [0.4, 0.5) is 0 Å². The molecule has 98 valence electrons. The van der Waals surface area contributed by atoms with E-state index >= 15 is 0 Å². The Kier molecular flexibility index (Phi) is 4.20. The molecule has 0 spiro atoms. The van der Waals surface area contributed by atoms with Crippen molar-refractivity contribution in [2.24, 2.45) is 0 Å². The van der Waals surface area contributed by atoms with Crippen LogP contribution in [0.3, 0.4) is 0 Å². The number of para-hydroxylation sites is 1. The van der Waals surface area contributed by atoms with Crippen LogP contribution >= 0.6 is 11.6 Å². The highest BCUT2D eigenvalue weighted by atomic mass is 35.5. The van der Waals surface area contributed by atoms with Gasteiger partial charge in [-0.2, -0.15) is 5.26 Å². The summed E-state index contributed by atoms with van der Waals surface area (Å²) < 4.78 is 6.81. The quantitative estimate of drug-likeness (QED) is 0.807. The highest BCUT2D eigenvalue weighted by molar-refractivity contribution is 6.36. The fraction of sp³-hybridized carbons (Fsp3) is 0.286. The number of hydrogen-bond donors (Lipinski definition) is 0. The van der Waals surface area contributed by atoms with Gasteiger partial charge >= 0.3 is 0 Å². The molecule has 5 heteroatoms. The van der Waals surface area contributed by atoms with Crippen LogP contribution in [-0.4, -0.2) is 17.8 Å². The molecule has 0 radical (unpaired) electrons. The van der Waals surface area contributed by atoms with Crippen LogP contribution in [0.2, 0.25) is 5.02 Å². The SMILES string of the molecule is CCOCCn1c(=O)c(C#N)c(Cl)c2ccccc21. The highest BCUT2D eigenvalue weighted by Crippen LogP contribution is 2.24. The Morgan fingerprint density at radius 2 is 2.16 bits per heavy atom. The van der Waals surface area contributed by atoms with Crippen LogP contribution in [0.15, 0.2) is 29.1 Å². The predicted molar refractivity (Wildman–Crippen MR) is 74.4 cm³/mol. The topological polar surface area (TPSA) is 55.0 Å². The van der Waals surface area contributed by atoms with Crippen molar-refractivity contribution in [2.45, 2.75) is 13.5 Å². The van der Waals surface area contributed by atoms with Crippen molar-refractivity contribution < 1.29 is 4.74 Å². The highest BCUT2D eigenvalue weighted by Gasteiger charge is 2.14. The standard InChI is InChI=1S/C14H13ClN2O2/c1-2-19-8-7-17-12-6-4-3-5-10(12)13(15)11(9-16)14(17)18/h3-6H,2,7-8H2,1H3. The van der Waals surface area contributed by atoms with Crippen molar-refractivity contribution in [3.8, 4) is 6.07 Å². The average molecular weight is 277 g/mol. The molecule has 0 fully saturated rings. The molecule has 0 aliphatic heterocycles. The molecule has 0 amide bonds. The van der Waals surface area contributed by atoms with Crippen LogP contribution in [0, 0.1) is 11.3 Å². The van der Waals surface area contributed by atoms with Crippen molar-refractivity contribution in [3.63, 3.8) is 0 Å². The zero-order chi connectivity index (χ0) is 13.8. The van der Waals surface area contributed by atoms with Crippen LogP contribution in [-0.2, 0) is 11.3 Å². The molecule has 1 heterocycles. The molecule has 0 atom stereocenters. The van der Waals surface area contributed by atoms with E-state index in [1.807, 2.05) is 31.2 Å². The van der Waals surface area contributed by atoms with Crippen LogP contribution < -0.4 is 5.56 Å². The molecular formula is C14H13ClN2O2. The van der Waals surface area contributed by atoms with Gasteiger partial charge in [-0.05, 0) is 13.0 Å². The van der Waals surface area contributed by atoms with Gasteiger partial charge in [-0.25, -0.2) is 0 Å². The number of pyridine rings is 1. The summed E-state index contributed by atoms with van der Waals surface area (Å²) in [6.07, 6.45) is 0. The molecule has 2 rings (SSSR count). The summed E-state index contributed by atoms with van der Waals surface area (Å²) in [5.41, 5.74) is 0.332. The molecule has 0 saturated carbocycles. The Morgan fingerprint density at radius 3 is 2.84 bits per heavy atom. The third kappa shape index (κ3) is 2.48. The second-order valence-corrected chi connectivity index (χ2v) is 4.35. The number of ether oxygens (including phenoxy) is 1. The van der Waals surface area contributed by atoms with Gasteiger partial charge in [0.25, 0.3) is 5.56 Å². The van der Waals surface area contributed by atoms with Crippen molar-refractivity contribution in [3.05, 3.63) is 45.2 Å². The summed E-state index contributed by atoms with van der Waals surface area (Å²) in [5, 5.41) is 10.00. The minimum Gasteiger partial charge on any atom is -0.380 e. The van der Waals surface area contributed by atoms with Gasteiger partial charge in [0.1, 0.15) is 11.6 Å². The van der Waals surface area contributed by atoms with E-state index in [1.54, 1.807) is 6.07 Å². The Morgan fingerprint density at radius 1 is 1.42 bits per heavy atom. The van der Waals surface area contributed by atoms with Crippen molar-refractivity contribution in [2.75, 3.05) is 13.2 Å². The molecule has 0 bridgehead atoms. The van der Waals surface area contributed by atoms with E-state index in [9.17, 15) is 4.79 Å². The van der Waals surface area contributed by atoms with Crippen molar-refractivity contribution in [1.82, 2.24) is 4.57 Å². The first-order chi connectivity index (χ1) is 9.20. The maximum atomic E-state index is 12.2. The van der Waals surface area contributed by atoms with Gasteiger partial charge in [0.15, 0.2) is 0 Å². The van der Waals surface area contributed by atoms with E-state index in [-0.39, 0.29) is 16.1 Å². The van der Waals surface area contributed by atoms with Gasteiger partial charge in [0.2, 0.25) is 0 Å². The normalized spacial score (nSPS) is 10.6. The molecule has 19 heavy (non-hydrogen) atoms. The molecule has 1 aromatic heterocycles. The lowest BCUT2D eigenvalue weighted by molar-refractivity contribution is 0.139. The number of aromatic nitrogens is 1. The molecule has 0 unspecified atom stereocenters. The molecule has 0 N–H and O–H groups in total. The minimum atomic E-state index is -0.370. The first-order valence-electron chi connectivity index (χ1n) is 5.99. The molecular weight excluding hydrogens is 264 g/mol. The summed E-state index contributed by atoms with van der Waals surface area (Å²) in [6, 6.07) is 9.16. The molecule has 0 aliphatic carbocycles. The fourth-order valence-electron chi connectivity index (χ4n) is 1.99. The number of fused-ring (bicyclic) bond motifs is 1. The monoisotopic (exact) mass is 276 g/mol. The first kappa shape index (κ1) is 13.6. The lowest BCUT2D eigenvalue weighted by Gasteiger charge is -2.12. The number of rotatable bonds is 4. The lowest BCUT2D eigenvalue weighted by Crippen LogP contribution is -2.25. The Labute approximate surface area is 115 Å². The van der Waals surface area contributed by atoms with E-state index < -0.39 is 0 Å². The number of hydrogen-bond acceptors (Lipinski definition) is 3. The maximum Gasteiger partial charge on any atom is 0.270 e. The van der Waals surface area contributed by atoms with E-state index in [0.29, 0.717) is 25.1 Å². The molecule has 4 nitrogen and oxygen atoms in total. The maximum absolute atomic E-state index is 12.2. The largest absolute Gasteiger partial charge is 0.380 e. The first-order valence-corrected chi connectivity index (χ1v) is 6.37. The van der Waals surface area contributed by atoms with E-state index in [1.165, 1.54) is 4.57 Å². The summed E-state index contributed by atoms with van der Waals surface area (Å²) >= 11 is 6.11. The van der Waals surface area contributed by atoms with E-state index in [4.69, 9.17) is 21.6 Å². The number of nitriles is 1. The summed E-state index contributed by atoms with van der Waals surface area (Å²) in [7, 11) is 0. The summed E-state index contributed by atoms with van der Waals surface area (Å²) in [6.45, 7) is 3.31. The fourth-order valence-corrected chi connectivity index (χ4v) is 2.27. The van der Waals surface area contributed by atoms with Crippen molar-refractivity contribution >= 4 is 22.5 Å². The second-order valence-electron chi connectivity index (χ2n) is 3.97. The smallest absolute Gasteiger partial charge is 0.270 e. The van der Waals surface area contributed by atoms with Crippen LogP contribution in [0.25, 0.3) is 10.9 Å². The lowest BCUT2D eigenvalue weighted by atomic mass is 10.1. The number of halogens is 1.